The van der Waals surface area contributed by atoms with Crippen LogP contribution in [0.4, 0.5) is 5.69 Å². The fourth-order valence-corrected chi connectivity index (χ4v) is 2.17. The largest absolute Gasteiger partial charge is 0.384 e. The first-order chi connectivity index (χ1) is 10.8. The number of hydrogen-bond donors (Lipinski definition) is 2. The molecule has 0 aliphatic rings. The zero-order valence-electron chi connectivity index (χ0n) is 14.5. The van der Waals surface area contributed by atoms with Crippen molar-refractivity contribution in [1.29, 1.82) is 0 Å². The van der Waals surface area contributed by atoms with E-state index < -0.39 is 0 Å². The van der Waals surface area contributed by atoms with Crippen LogP contribution >= 0.6 is 0 Å². The second-order valence-electron chi connectivity index (χ2n) is 7.02. The number of rotatable bonds is 5. The van der Waals surface area contributed by atoms with Crippen LogP contribution in [0.1, 0.15) is 48.0 Å². The Morgan fingerprint density at radius 2 is 2.00 bits per heavy atom. The van der Waals surface area contributed by atoms with E-state index in [0.717, 1.165) is 29.1 Å². The van der Waals surface area contributed by atoms with E-state index in [-0.39, 0.29) is 11.3 Å². The number of aromatic nitrogens is 1. The smallest absolute Gasteiger partial charge is 0.251 e. The maximum Gasteiger partial charge on any atom is 0.251 e. The standard InChI is InChI=1S/C18H25N3O2/c1-12-10-23-21-16(12)9-19-17(22)14-7-6-8-15(13(14)2)20-11-18(3,4)5/h6-8,10,20H,9,11H2,1-5H3,(H,19,22). The number of carbonyl (C=O) groups excluding carboxylic acids is 1. The zero-order chi connectivity index (χ0) is 17.0. The van der Waals surface area contributed by atoms with E-state index in [4.69, 9.17) is 4.52 Å². The van der Waals surface area contributed by atoms with Crippen molar-refractivity contribution in [3.63, 3.8) is 0 Å². The third-order valence-corrected chi connectivity index (χ3v) is 3.65. The Hall–Kier alpha value is -2.30. The average molecular weight is 315 g/mol. The third-order valence-electron chi connectivity index (χ3n) is 3.65. The molecule has 1 amide bonds. The maximum atomic E-state index is 12.4. The van der Waals surface area contributed by atoms with Crippen LogP contribution in [0.15, 0.2) is 29.0 Å². The van der Waals surface area contributed by atoms with Crippen LogP contribution in [0, 0.1) is 19.3 Å². The van der Waals surface area contributed by atoms with Crippen molar-refractivity contribution in [2.45, 2.75) is 41.2 Å². The number of anilines is 1. The summed E-state index contributed by atoms with van der Waals surface area (Å²) in [5.41, 5.74) is 4.47. The molecule has 0 aliphatic heterocycles. The summed E-state index contributed by atoms with van der Waals surface area (Å²) in [5.74, 6) is -0.107. The van der Waals surface area contributed by atoms with E-state index >= 15 is 0 Å². The van der Waals surface area contributed by atoms with Gasteiger partial charge in [0.1, 0.15) is 12.0 Å². The molecule has 2 N–H and O–H groups in total. The van der Waals surface area contributed by atoms with Gasteiger partial charge in [-0.3, -0.25) is 4.79 Å². The molecular formula is C18H25N3O2. The Kier molecular flexibility index (Phi) is 5.08. The first kappa shape index (κ1) is 17.1. The second-order valence-corrected chi connectivity index (χ2v) is 7.02. The molecule has 0 fully saturated rings. The Morgan fingerprint density at radius 1 is 1.26 bits per heavy atom. The van der Waals surface area contributed by atoms with E-state index in [9.17, 15) is 4.79 Å². The molecule has 124 valence electrons. The lowest BCUT2D eigenvalue weighted by molar-refractivity contribution is 0.0949. The van der Waals surface area contributed by atoms with Crippen LogP contribution < -0.4 is 10.6 Å². The Labute approximate surface area is 137 Å². The number of benzene rings is 1. The number of carbonyl (C=O) groups is 1. The van der Waals surface area contributed by atoms with Gasteiger partial charge in [0.15, 0.2) is 0 Å². The zero-order valence-corrected chi connectivity index (χ0v) is 14.5. The van der Waals surface area contributed by atoms with Crippen molar-refractivity contribution in [2.75, 3.05) is 11.9 Å². The molecule has 0 bridgehead atoms. The van der Waals surface area contributed by atoms with Crippen LogP contribution in [0.3, 0.4) is 0 Å². The summed E-state index contributed by atoms with van der Waals surface area (Å²) in [6.45, 7) is 11.6. The van der Waals surface area contributed by atoms with E-state index in [1.54, 1.807) is 6.26 Å². The highest BCUT2D eigenvalue weighted by molar-refractivity contribution is 5.97. The lowest BCUT2D eigenvalue weighted by Crippen LogP contribution is -2.25. The van der Waals surface area contributed by atoms with Crippen molar-refractivity contribution >= 4 is 11.6 Å². The van der Waals surface area contributed by atoms with Gasteiger partial charge in [-0.1, -0.05) is 32.0 Å². The van der Waals surface area contributed by atoms with Crippen molar-refractivity contribution in [1.82, 2.24) is 10.5 Å². The van der Waals surface area contributed by atoms with E-state index in [1.165, 1.54) is 0 Å². The van der Waals surface area contributed by atoms with Crippen molar-refractivity contribution in [2.24, 2.45) is 5.41 Å². The van der Waals surface area contributed by atoms with Gasteiger partial charge in [0.25, 0.3) is 5.91 Å². The molecule has 0 atom stereocenters. The molecule has 1 aromatic heterocycles. The summed E-state index contributed by atoms with van der Waals surface area (Å²) < 4.78 is 4.88. The quantitative estimate of drug-likeness (QED) is 0.883. The SMILES string of the molecule is Cc1conc1CNC(=O)c1cccc(NCC(C)(C)C)c1C. The Morgan fingerprint density at radius 3 is 2.61 bits per heavy atom. The molecule has 0 unspecified atom stereocenters. The number of hydrogen-bond acceptors (Lipinski definition) is 4. The van der Waals surface area contributed by atoms with Gasteiger partial charge in [0, 0.05) is 23.4 Å². The molecule has 0 aliphatic carbocycles. The number of nitrogens with one attached hydrogen (secondary N) is 2. The Balaban J connectivity index is 2.07. The number of amides is 1. The number of nitrogens with zero attached hydrogens (tertiary/aromatic N) is 1. The van der Waals surface area contributed by atoms with Gasteiger partial charge in [0.05, 0.1) is 6.54 Å². The minimum atomic E-state index is -0.107. The average Bonchev–Trinajstić information content (AvgIpc) is 2.88. The van der Waals surface area contributed by atoms with Crippen molar-refractivity contribution in [3.05, 3.63) is 46.8 Å². The van der Waals surface area contributed by atoms with Gasteiger partial charge in [0.2, 0.25) is 0 Å². The molecule has 0 spiro atoms. The second kappa shape index (κ2) is 6.86. The first-order valence-electron chi connectivity index (χ1n) is 7.79. The molecule has 23 heavy (non-hydrogen) atoms. The van der Waals surface area contributed by atoms with Crippen LogP contribution in [-0.4, -0.2) is 17.6 Å². The minimum Gasteiger partial charge on any atom is -0.384 e. The fourth-order valence-electron chi connectivity index (χ4n) is 2.17. The van der Waals surface area contributed by atoms with Crippen LogP contribution in [0.5, 0.6) is 0 Å². The van der Waals surface area contributed by atoms with Gasteiger partial charge < -0.3 is 15.2 Å². The molecule has 0 radical (unpaired) electrons. The predicted molar refractivity (Wildman–Crippen MR) is 91.5 cm³/mol. The first-order valence-corrected chi connectivity index (χ1v) is 7.79. The van der Waals surface area contributed by atoms with Gasteiger partial charge in [-0.25, -0.2) is 0 Å². The highest BCUT2D eigenvalue weighted by Gasteiger charge is 2.15. The highest BCUT2D eigenvalue weighted by atomic mass is 16.5. The molecule has 1 heterocycles. The summed E-state index contributed by atoms with van der Waals surface area (Å²) in [6, 6.07) is 5.73. The summed E-state index contributed by atoms with van der Waals surface area (Å²) in [5, 5.41) is 10.2. The van der Waals surface area contributed by atoms with E-state index in [2.05, 4.69) is 36.6 Å². The van der Waals surface area contributed by atoms with Crippen LogP contribution in [0.2, 0.25) is 0 Å². The fraction of sp³-hybridized carbons (Fsp3) is 0.444. The van der Waals surface area contributed by atoms with Gasteiger partial charge in [-0.15, -0.1) is 0 Å². The lowest BCUT2D eigenvalue weighted by Gasteiger charge is -2.21. The molecule has 2 aromatic rings. The third kappa shape index (κ3) is 4.58. The number of aryl methyl sites for hydroxylation is 1. The monoisotopic (exact) mass is 315 g/mol. The molecule has 0 saturated carbocycles. The molecular weight excluding hydrogens is 290 g/mol. The summed E-state index contributed by atoms with van der Waals surface area (Å²) in [7, 11) is 0. The van der Waals surface area contributed by atoms with Gasteiger partial charge in [-0.05, 0) is 37.0 Å². The van der Waals surface area contributed by atoms with Crippen molar-refractivity contribution in [3.8, 4) is 0 Å². The van der Waals surface area contributed by atoms with Crippen molar-refractivity contribution < 1.29 is 9.32 Å². The Bertz CT molecular complexity index is 684. The molecule has 2 rings (SSSR count). The summed E-state index contributed by atoms with van der Waals surface area (Å²) in [4.78, 5) is 12.4. The highest BCUT2D eigenvalue weighted by Crippen LogP contribution is 2.21. The predicted octanol–water partition coefficient (Wildman–Crippen LogP) is 3.68. The summed E-state index contributed by atoms with van der Waals surface area (Å²) >= 11 is 0. The maximum absolute atomic E-state index is 12.4. The normalized spacial score (nSPS) is 11.3. The minimum absolute atomic E-state index is 0.107. The molecule has 5 nitrogen and oxygen atoms in total. The van der Waals surface area contributed by atoms with E-state index in [0.29, 0.717) is 12.1 Å². The van der Waals surface area contributed by atoms with Crippen LogP contribution in [-0.2, 0) is 6.54 Å². The van der Waals surface area contributed by atoms with Gasteiger partial charge in [-0.2, -0.15) is 0 Å². The lowest BCUT2D eigenvalue weighted by atomic mass is 9.96. The topological polar surface area (TPSA) is 67.2 Å². The summed E-state index contributed by atoms with van der Waals surface area (Å²) in [6.07, 6.45) is 1.57. The molecule has 5 heteroatoms. The van der Waals surface area contributed by atoms with E-state index in [1.807, 2.05) is 32.0 Å². The molecule has 1 aromatic carbocycles. The molecule has 0 saturated heterocycles. The van der Waals surface area contributed by atoms with Gasteiger partial charge >= 0.3 is 0 Å². The van der Waals surface area contributed by atoms with Crippen LogP contribution in [0.25, 0.3) is 0 Å².